The van der Waals surface area contributed by atoms with Gasteiger partial charge in [0, 0.05) is 20.5 Å². The molecular formula is C42H71NO5Si2. The van der Waals surface area contributed by atoms with Crippen LogP contribution < -0.4 is 0 Å². The predicted molar refractivity (Wildman–Crippen MR) is 212 cm³/mol. The third-order valence-corrected chi connectivity index (χ3v) is 22.8. The van der Waals surface area contributed by atoms with Gasteiger partial charge >= 0.3 is 6.09 Å². The third kappa shape index (κ3) is 8.72. The van der Waals surface area contributed by atoms with Crippen LogP contribution in [0.5, 0.6) is 0 Å². The van der Waals surface area contributed by atoms with Crippen LogP contribution in [0.2, 0.25) is 36.3 Å². The number of ketones is 1. The van der Waals surface area contributed by atoms with E-state index < -0.39 is 28.3 Å². The van der Waals surface area contributed by atoms with E-state index in [1.807, 2.05) is 0 Å². The zero-order chi connectivity index (χ0) is 37.7. The highest BCUT2D eigenvalue weighted by atomic mass is 28.4. The molecule has 0 spiro atoms. The maximum Gasteiger partial charge on any atom is 0.410 e. The predicted octanol–water partition coefficient (Wildman–Crippen LogP) is 11.2. The number of carbonyl (C=O) groups is 2. The standard InChI is InChI=1S/C42H71NO5Si2/c1-29(18-23-37(44)42(25-26-42)46-38(45)43(10)11)34-21-22-35-31(17-16-24-41(34,35)9)19-20-32-27-33(47-49(12,13)39(3,4)5)28-36(30(32)2)48-50(14,15)40(6,7)8/h18-20,23,29,33-36H,2,16-17,21-22,24-28H2,1,3-15H3/b23-18+,31-19+,32-20+/t29-,33-,34-,35+,36+,41-/m1/s1. The summed E-state index contributed by atoms with van der Waals surface area (Å²) < 4.78 is 19.7. The summed E-state index contributed by atoms with van der Waals surface area (Å²) in [6.07, 6.45) is 17.2. The second-order valence-electron chi connectivity index (χ2n) is 19.7. The number of hydrogen-bond acceptors (Lipinski definition) is 5. The summed E-state index contributed by atoms with van der Waals surface area (Å²) in [5.74, 6) is 1.23. The highest BCUT2D eigenvalue weighted by Gasteiger charge is 2.54. The minimum absolute atomic E-state index is 0.0203. The van der Waals surface area contributed by atoms with Crippen LogP contribution in [0.3, 0.4) is 0 Å². The van der Waals surface area contributed by atoms with Crippen molar-refractivity contribution in [1.82, 2.24) is 4.90 Å². The Balaban J connectivity index is 1.54. The zero-order valence-corrected chi connectivity index (χ0v) is 36.3. The van der Waals surface area contributed by atoms with Crippen molar-refractivity contribution in [3.05, 3.63) is 47.6 Å². The van der Waals surface area contributed by atoms with E-state index in [0.29, 0.717) is 24.7 Å². The Morgan fingerprint density at radius 1 is 0.940 bits per heavy atom. The Bertz CT molecular complexity index is 1390. The van der Waals surface area contributed by atoms with Crippen molar-refractivity contribution in [2.45, 2.75) is 167 Å². The molecule has 0 heterocycles. The van der Waals surface area contributed by atoms with Crippen LogP contribution in [0.1, 0.15) is 113 Å². The molecule has 0 aliphatic heterocycles. The van der Waals surface area contributed by atoms with Crippen molar-refractivity contribution < 1.29 is 23.2 Å². The molecule has 0 bridgehead atoms. The lowest BCUT2D eigenvalue weighted by Gasteiger charge is -2.45. The number of ether oxygens (including phenoxy) is 1. The molecule has 4 aliphatic carbocycles. The van der Waals surface area contributed by atoms with Crippen molar-refractivity contribution >= 4 is 28.5 Å². The lowest BCUT2D eigenvalue weighted by atomic mass is 9.61. The number of rotatable bonds is 10. The van der Waals surface area contributed by atoms with E-state index in [2.05, 4.69) is 106 Å². The molecule has 0 N–H and O–H groups in total. The van der Waals surface area contributed by atoms with Gasteiger partial charge in [0.05, 0.1) is 12.2 Å². The Morgan fingerprint density at radius 3 is 2.10 bits per heavy atom. The SMILES string of the molecule is C=C1/C(=C/C=C2\CCC[C@]3(C)[C@@H]([C@H](C)/C=C/C(=O)C4(OC(=O)N(C)C)CC4)CC[C@@H]23)C[C@@H](O[Si](C)(C)C(C)(C)C)C[C@@H]1O[Si](C)(C)C(C)(C)C. The summed E-state index contributed by atoms with van der Waals surface area (Å²) in [6, 6.07) is 0. The van der Waals surface area contributed by atoms with E-state index in [9.17, 15) is 9.59 Å². The molecule has 6 nitrogen and oxygen atoms in total. The molecule has 4 fully saturated rings. The lowest BCUT2D eigenvalue weighted by Crippen LogP contribution is -2.49. The molecular weight excluding hydrogens is 655 g/mol. The monoisotopic (exact) mass is 725 g/mol. The van der Waals surface area contributed by atoms with E-state index in [0.717, 1.165) is 31.3 Å². The molecule has 0 aromatic heterocycles. The first-order valence-corrected chi connectivity index (χ1v) is 25.2. The number of nitrogens with zero attached hydrogens (tertiary/aromatic N) is 1. The first-order valence-electron chi connectivity index (χ1n) is 19.4. The van der Waals surface area contributed by atoms with Gasteiger partial charge in [-0.15, -0.1) is 0 Å². The van der Waals surface area contributed by atoms with E-state index in [1.54, 1.807) is 25.7 Å². The molecule has 0 unspecified atom stereocenters. The summed E-state index contributed by atoms with van der Waals surface area (Å²) in [5.41, 5.74) is 3.22. The van der Waals surface area contributed by atoms with Crippen LogP contribution >= 0.6 is 0 Å². The molecule has 0 aromatic carbocycles. The van der Waals surface area contributed by atoms with Crippen molar-refractivity contribution in [3.63, 3.8) is 0 Å². The zero-order valence-electron chi connectivity index (χ0n) is 34.3. The molecule has 4 saturated carbocycles. The van der Waals surface area contributed by atoms with E-state index in [-0.39, 0.29) is 39.4 Å². The number of allylic oxidation sites excluding steroid dienone is 4. The molecule has 6 atom stereocenters. The molecule has 4 rings (SSSR count). The number of hydrogen-bond donors (Lipinski definition) is 0. The van der Waals surface area contributed by atoms with Gasteiger partial charge < -0.3 is 18.5 Å². The average Bonchev–Trinajstić information content (AvgIpc) is 3.67. The maximum absolute atomic E-state index is 13.2. The Kier molecular flexibility index (Phi) is 12.0. The van der Waals surface area contributed by atoms with Crippen LogP contribution in [-0.2, 0) is 18.4 Å². The highest BCUT2D eigenvalue weighted by molar-refractivity contribution is 6.74. The largest absolute Gasteiger partial charge is 0.434 e. The summed E-state index contributed by atoms with van der Waals surface area (Å²) in [7, 11) is -0.695. The van der Waals surface area contributed by atoms with Crippen LogP contribution in [0, 0.1) is 23.2 Å². The van der Waals surface area contributed by atoms with E-state index >= 15 is 0 Å². The lowest BCUT2D eigenvalue weighted by molar-refractivity contribution is -0.125. The van der Waals surface area contributed by atoms with Crippen LogP contribution in [0.4, 0.5) is 4.79 Å². The third-order valence-electron chi connectivity index (χ3n) is 13.8. The van der Waals surface area contributed by atoms with Gasteiger partial charge in [-0.05, 0) is 128 Å². The molecule has 0 aromatic rings. The number of amides is 1. The fourth-order valence-corrected chi connectivity index (χ4v) is 10.9. The average molecular weight is 726 g/mol. The smallest absolute Gasteiger partial charge is 0.410 e. The maximum atomic E-state index is 13.2. The van der Waals surface area contributed by atoms with Crippen LogP contribution in [0.15, 0.2) is 47.6 Å². The van der Waals surface area contributed by atoms with Crippen molar-refractivity contribution in [2.24, 2.45) is 23.2 Å². The fourth-order valence-electron chi connectivity index (χ4n) is 8.20. The molecule has 50 heavy (non-hydrogen) atoms. The van der Waals surface area contributed by atoms with E-state index in [1.165, 1.54) is 29.7 Å². The van der Waals surface area contributed by atoms with Gasteiger partial charge in [0.2, 0.25) is 0 Å². The minimum atomic E-state index is -2.02. The van der Waals surface area contributed by atoms with Gasteiger partial charge in [-0.1, -0.05) is 85.8 Å². The summed E-state index contributed by atoms with van der Waals surface area (Å²) in [5, 5.41) is 0.266. The van der Waals surface area contributed by atoms with Gasteiger partial charge in [0.1, 0.15) is 0 Å². The molecule has 0 radical (unpaired) electrons. The molecule has 282 valence electrons. The fraction of sp³-hybridized carbons (Fsp3) is 0.762. The Morgan fingerprint density at radius 2 is 1.54 bits per heavy atom. The Labute approximate surface area is 307 Å². The van der Waals surface area contributed by atoms with Gasteiger partial charge in [0.25, 0.3) is 0 Å². The highest BCUT2D eigenvalue weighted by Crippen LogP contribution is 2.59. The van der Waals surface area contributed by atoms with Crippen LogP contribution in [0.25, 0.3) is 0 Å². The van der Waals surface area contributed by atoms with Crippen LogP contribution in [-0.4, -0.2) is 65.3 Å². The summed E-state index contributed by atoms with van der Waals surface area (Å²) >= 11 is 0. The summed E-state index contributed by atoms with van der Waals surface area (Å²) in [6.45, 7) is 32.8. The quantitative estimate of drug-likeness (QED) is 0.166. The number of carbonyl (C=O) groups excluding carboxylic acids is 2. The molecule has 0 saturated heterocycles. The van der Waals surface area contributed by atoms with Gasteiger partial charge in [0.15, 0.2) is 28.0 Å². The Hall–Kier alpha value is -1.75. The van der Waals surface area contributed by atoms with Crippen molar-refractivity contribution in [3.8, 4) is 0 Å². The minimum Gasteiger partial charge on any atom is -0.434 e. The van der Waals surface area contributed by atoms with E-state index in [4.69, 9.17) is 13.6 Å². The molecule has 8 heteroatoms. The van der Waals surface area contributed by atoms with Crippen molar-refractivity contribution in [1.29, 1.82) is 0 Å². The number of fused-ring (bicyclic) bond motifs is 1. The van der Waals surface area contributed by atoms with Gasteiger partial charge in [-0.2, -0.15) is 0 Å². The second kappa shape index (κ2) is 14.6. The van der Waals surface area contributed by atoms with Gasteiger partial charge in [-0.25, -0.2) is 4.79 Å². The normalized spacial score (nSPS) is 31.2. The topological polar surface area (TPSA) is 65.1 Å². The second-order valence-corrected chi connectivity index (χ2v) is 29.2. The first-order chi connectivity index (χ1) is 22.8. The molecule has 1 amide bonds. The van der Waals surface area contributed by atoms with Crippen molar-refractivity contribution in [2.75, 3.05) is 14.1 Å². The molecule has 4 aliphatic rings. The van der Waals surface area contributed by atoms with Gasteiger partial charge in [-0.3, -0.25) is 4.79 Å². The first kappa shape index (κ1) is 41.0. The summed E-state index contributed by atoms with van der Waals surface area (Å²) in [4.78, 5) is 26.7.